The lowest BCUT2D eigenvalue weighted by atomic mass is 9.99. The molecule has 708 valence electrons. The van der Waals surface area contributed by atoms with Crippen molar-refractivity contribution in [3.8, 4) is 0 Å². The molecule has 3 rings (SSSR count). The predicted molar refractivity (Wildman–Crippen MR) is 512 cm³/mol. The molecule has 0 heterocycles. The number of carboxylic acid groups (broad SMARTS) is 5. The lowest BCUT2D eigenvalue weighted by Gasteiger charge is -2.35. The summed E-state index contributed by atoms with van der Waals surface area (Å²) in [6, 6.07) is -5.93. The van der Waals surface area contributed by atoms with Crippen LogP contribution in [0.1, 0.15) is 233 Å². The van der Waals surface area contributed by atoms with Gasteiger partial charge in [-0.2, -0.15) is 70.6 Å². The number of amides is 5. The predicted octanol–water partition coefficient (Wildman–Crippen LogP) is 13.4. The molecule has 31 nitrogen and oxygen atoms in total. The first-order valence-corrected chi connectivity index (χ1v) is 54.3. The lowest BCUT2D eigenvalue weighted by Crippen LogP contribution is -2.45. The monoisotopic (exact) mass is 1950 g/mol. The number of alkyl carbamates (subject to hydrolysis) is 3. The van der Waals surface area contributed by atoms with Crippen LogP contribution in [0, 0.1) is 0 Å². The Labute approximate surface area is 772 Å². The third-order valence-corrected chi connectivity index (χ3v) is 33.1. The lowest BCUT2D eigenvalue weighted by molar-refractivity contribution is -0.141. The summed E-state index contributed by atoms with van der Waals surface area (Å²) >= 11 is 12.1. The number of hydrogen-bond donors (Lipinski definition) is 13. The number of carboxylic acids is 5. The standard InChI is InChI=1S/C27H48N2O7S4.C27H44N2O7S4.C11H20N2O6S2.C8H18N2S2.C5H8O3.CH4/c1-8-9-14-37-21-12-13-22(21)38-15-10-11-20(30)18(28-24(33)35-26(2,3)4)16-39-40-17-19(23(31)32)29-25(34)36-27(5,6)7;1-4-5-14-37-23-10-11-24(23)38-15-6-7-22(32)20(28-25(33)12-8-18(2)30)16-39-40-17-21(27(35)36)29-26(34)13-9-19(3)31;1-11(2,3)19-10(18)13-7(9(16)17)5-21-20-4-6(12)8(14)15;9-3-5-11-7-1-2-8(7)12-6-4-10;1-4(6)2-3-5(7)8;/h18-19,21-22H,8-17H2,1-7H3,(H,28,33)(H,29,34)(H,31,32);20-21,23-24H,4-17H2,1-3H3,(H,28,33)(H,29,34)(H,35,36);6-7H,4-5,12H2,1-3H3,(H,13,18)(H,14,15)(H,16,17);7-8H,1-6,9-10H2;2-3H2,1H3,(H,7,8);1H4. The van der Waals surface area contributed by atoms with Gasteiger partial charge in [0.15, 0.2) is 11.6 Å². The van der Waals surface area contributed by atoms with Gasteiger partial charge in [0.1, 0.15) is 64.4 Å². The minimum atomic E-state index is -1.20. The van der Waals surface area contributed by atoms with Crippen LogP contribution in [-0.4, -0.2) is 281 Å². The Hall–Kier alpha value is -3.47. The number of Topliss-reactive ketones (excluding diaryl/α,β-unsaturated/α-hetero) is 5. The molecule has 12 atom stereocenters. The van der Waals surface area contributed by atoms with E-state index in [4.69, 9.17) is 46.7 Å². The quantitative estimate of drug-likeness (QED) is 0.0153. The van der Waals surface area contributed by atoms with Gasteiger partial charge in [0.05, 0.1) is 12.5 Å². The second-order valence-electron chi connectivity index (χ2n) is 31.1. The molecule has 3 fully saturated rings. The first-order valence-electron chi connectivity index (χ1n) is 40.5. The highest BCUT2D eigenvalue weighted by Crippen LogP contribution is 2.43. The highest BCUT2D eigenvalue weighted by molar-refractivity contribution is 8.77. The number of nitrogens with two attached hydrogens (primary N) is 3. The van der Waals surface area contributed by atoms with E-state index in [1.165, 1.54) is 140 Å². The SMILES string of the molecule is C.CC(=O)CCC(=O)O.CC(C)(C)OC(=O)NC(CSSCC(N)C(=O)O)C(=O)O.CCCCSC1CCC1SCCCC(=O)C(CSSCC(NC(=O)CCC(C)=O)C(=O)O)NC(=O)CCC(C)=O.CCCCSC1CCC1SCCCC(=O)C(CSSCC(NC(=O)OC(C)(C)C)C(=O)O)NC(=O)OC(C)(C)C.NCCSC1CCC1SCCN. The van der Waals surface area contributed by atoms with E-state index in [9.17, 15) is 82.1 Å². The van der Waals surface area contributed by atoms with E-state index >= 15 is 0 Å². The van der Waals surface area contributed by atoms with Crippen LogP contribution in [-0.2, 0) is 71.7 Å². The maximum absolute atomic E-state index is 13.1. The summed E-state index contributed by atoms with van der Waals surface area (Å²) in [6.07, 6.45) is 12.7. The number of ether oxygens (including phenoxy) is 3. The van der Waals surface area contributed by atoms with Crippen molar-refractivity contribution in [1.82, 2.24) is 26.6 Å². The maximum atomic E-state index is 13.1. The molecule has 0 aromatic heterocycles. The normalized spacial score (nSPS) is 17.7. The molecule has 3 aliphatic rings. The molecular formula is C79H142N8O23S12. The van der Waals surface area contributed by atoms with E-state index < -0.39 is 107 Å². The molecule has 0 bridgehead atoms. The van der Waals surface area contributed by atoms with Gasteiger partial charge in [0, 0.05) is 136 Å². The van der Waals surface area contributed by atoms with E-state index in [0.29, 0.717) is 28.6 Å². The number of unbranched alkanes of at least 4 members (excludes halogenated alkanes) is 2. The number of carbonyl (C=O) groups excluding carboxylic acids is 10. The third-order valence-electron chi connectivity index (χ3n) is 16.3. The Bertz CT molecular complexity index is 3080. The summed E-state index contributed by atoms with van der Waals surface area (Å²) in [5.74, 6) is 0.256. The van der Waals surface area contributed by atoms with Crippen molar-refractivity contribution in [3.05, 3.63) is 0 Å². The van der Waals surface area contributed by atoms with Crippen LogP contribution in [0.4, 0.5) is 14.4 Å². The molecule has 0 saturated heterocycles. The number of aliphatic carboxylic acids is 5. The van der Waals surface area contributed by atoms with Crippen LogP contribution in [0.25, 0.3) is 0 Å². The molecule has 16 N–H and O–H groups in total. The largest absolute Gasteiger partial charge is 0.481 e. The average molecular weight is 1960 g/mol. The number of rotatable bonds is 59. The summed E-state index contributed by atoms with van der Waals surface area (Å²) in [4.78, 5) is 173. The molecule has 5 amide bonds. The van der Waals surface area contributed by atoms with Crippen molar-refractivity contribution in [1.29, 1.82) is 0 Å². The second kappa shape index (κ2) is 71.4. The Morgan fingerprint density at radius 3 is 0.836 bits per heavy atom. The first kappa shape index (κ1) is 123. The fourth-order valence-corrected chi connectivity index (χ4v) is 25.4. The molecule has 0 aromatic rings. The molecule has 12 unspecified atom stereocenters. The van der Waals surface area contributed by atoms with Gasteiger partial charge < -0.3 is 97.9 Å². The van der Waals surface area contributed by atoms with Crippen molar-refractivity contribution < 1.29 is 112 Å². The van der Waals surface area contributed by atoms with Crippen LogP contribution >= 0.6 is 135 Å². The Kier molecular flexibility index (Phi) is 71.8. The Morgan fingerprint density at radius 2 is 0.590 bits per heavy atom. The molecule has 0 radical (unpaired) electrons. The average Bonchev–Trinajstić information content (AvgIpc) is 0.855. The zero-order chi connectivity index (χ0) is 92.3. The van der Waals surface area contributed by atoms with E-state index in [0.717, 1.165) is 86.3 Å². The van der Waals surface area contributed by atoms with E-state index in [-0.39, 0.29) is 115 Å². The zero-order valence-corrected chi connectivity index (χ0v) is 82.5. The molecule has 43 heteroatoms. The fourth-order valence-electron chi connectivity index (χ4n) is 9.44. The number of hydrogen-bond acceptors (Lipinski definition) is 33. The Balaban J connectivity index is -0.00000160. The van der Waals surface area contributed by atoms with Gasteiger partial charge in [-0.1, -0.05) is 98.9 Å². The number of nitrogens with one attached hydrogen (secondary N) is 5. The number of thioether (sulfide) groups is 6. The van der Waals surface area contributed by atoms with Gasteiger partial charge in [-0.15, -0.1) is 0 Å². The fraction of sp³-hybridized carbons (Fsp3) is 0.810. The summed E-state index contributed by atoms with van der Waals surface area (Å²) in [5, 5.41) is 61.4. The zero-order valence-electron chi connectivity index (χ0n) is 72.7. The smallest absolute Gasteiger partial charge is 0.408 e. The summed E-state index contributed by atoms with van der Waals surface area (Å²) < 4.78 is 15.5. The molecule has 0 spiro atoms. The van der Waals surface area contributed by atoms with E-state index in [2.05, 4.69) is 64.0 Å². The van der Waals surface area contributed by atoms with Crippen molar-refractivity contribution >= 4 is 224 Å². The number of ketones is 5. The second-order valence-corrected chi connectivity index (χ2v) is 46.9. The molecule has 0 aromatic carbocycles. The van der Waals surface area contributed by atoms with Crippen molar-refractivity contribution in [3.63, 3.8) is 0 Å². The topological polar surface area (TPSA) is 523 Å². The van der Waals surface area contributed by atoms with Crippen molar-refractivity contribution in [2.75, 3.05) is 82.1 Å². The van der Waals surface area contributed by atoms with Crippen LogP contribution in [0.5, 0.6) is 0 Å². The Morgan fingerprint density at radius 1 is 0.344 bits per heavy atom. The van der Waals surface area contributed by atoms with Gasteiger partial charge in [0.25, 0.3) is 0 Å². The van der Waals surface area contributed by atoms with Crippen LogP contribution in [0.2, 0.25) is 0 Å². The summed E-state index contributed by atoms with van der Waals surface area (Å²) in [6.45, 7) is 25.5. The van der Waals surface area contributed by atoms with Crippen LogP contribution < -0.4 is 43.8 Å². The first-order chi connectivity index (χ1) is 56.7. The third kappa shape index (κ3) is 68.6. The minimum Gasteiger partial charge on any atom is -0.481 e. The molecule has 3 aliphatic carbocycles. The van der Waals surface area contributed by atoms with E-state index in [1.54, 1.807) is 62.3 Å². The van der Waals surface area contributed by atoms with E-state index in [1.807, 2.05) is 47.0 Å². The van der Waals surface area contributed by atoms with Crippen LogP contribution in [0.3, 0.4) is 0 Å². The molecular weight excluding hydrogens is 1810 g/mol. The highest BCUT2D eigenvalue weighted by atomic mass is 33.1. The highest BCUT2D eigenvalue weighted by Gasteiger charge is 2.35. The molecule has 3 saturated carbocycles. The number of carbonyl (C=O) groups is 15. The van der Waals surface area contributed by atoms with Gasteiger partial charge in [0.2, 0.25) is 11.8 Å². The molecule has 122 heavy (non-hydrogen) atoms. The summed E-state index contributed by atoms with van der Waals surface area (Å²) in [7, 11) is 7.15. The van der Waals surface area contributed by atoms with Crippen molar-refractivity contribution in [2.24, 2.45) is 17.2 Å². The van der Waals surface area contributed by atoms with Gasteiger partial charge in [-0.25, -0.2) is 28.8 Å². The van der Waals surface area contributed by atoms with Crippen molar-refractivity contribution in [2.45, 2.75) is 317 Å². The van der Waals surface area contributed by atoms with Crippen LogP contribution in [0.15, 0.2) is 0 Å². The minimum absolute atomic E-state index is 0. The maximum Gasteiger partial charge on any atom is 0.408 e. The van der Waals surface area contributed by atoms with Gasteiger partial charge >= 0.3 is 48.1 Å². The van der Waals surface area contributed by atoms with Gasteiger partial charge in [-0.3, -0.25) is 28.8 Å². The molecule has 0 aliphatic heterocycles. The van der Waals surface area contributed by atoms with Gasteiger partial charge in [-0.05, 0) is 170 Å². The summed E-state index contributed by atoms with van der Waals surface area (Å²) in [5.41, 5.74) is 14.0.